The van der Waals surface area contributed by atoms with Crippen LogP contribution in [-0.2, 0) is 0 Å². The maximum Gasteiger partial charge on any atom is 0.261 e. The molecule has 20 heavy (non-hydrogen) atoms. The summed E-state index contributed by atoms with van der Waals surface area (Å²) in [7, 11) is 0. The van der Waals surface area contributed by atoms with Gasteiger partial charge in [0, 0.05) is 8.95 Å². The summed E-state index contributed by atoms with van der Waals surface area (Å²) in [6.45, 7) is 1.89. The van der Waals surface area contributed by atoms with Crippen LogP contribution in [0.2, 0.25) is 0 Å². The Hall–Kier alpha value is -1.27. The second kappa shape index (κ2) is 6.01. The van der Waals surface area contributed by atoms with Gasteiger partial charge in [0.1, 0.15) is 17.2 Å². The van der Waals surface area contributed by atoms with Crippen molar-refractivity contribution in [2.45, 2.75) is 6.92 Å². The second-order valence-electron chi connectivity index (χ2n) is 4.18. The highest BCUT2D eigenvalue weighted by Gasteiger charge is 2.19. The summed E-state index contributed by atoms with van der Waals surface area (Å²) in [5, 5.41) is 2.47. The van der Waals surface area contributed by atoms with E-state index in [1.807, 2.05) is 6.92 Å². The van der Waals surface area contributed by atoms with Crippen LogP contribution in [0.1, 0.15) is 15.9 Å². The molecule has 0 unspecified atom stereocenters. The van der Waals surface area contributed by atoms with Crippen LogP contribution in [-0.4, -0.2) is 5.91 Å². The van der Waals surface area contributed by atoms with Gasteiger partial charge in [-0.15, -0.1) is 0 Å². The number of hydrogen-bond acceptors (Lipinski definition) is 1. The van der Waals surface area contributed by atoms with E-state index in [4.69, 9.17) is 0 Å². The fourth-order valence-electron chi connectivity index (χ4n) is 1.67. The van der Waals surface area contributed by atoms with Crippen LogP contribution >= 0.6 is 31.9 Å². The van der Waals surface area contributed by atoms with Gasteiger partial charge in [-0.1, -0.05) is 22.0 Å². The van der Waals surface area contributed by atoms with Gasteiger partial charge in [-0.2, -0.15) is 0 Å². The third-order valence-electron chi connectivity index (χ3n) is 2.61. The van der Waals surface area contributed by atoms with E-state index < -0.39 is 23.1 Å². The molecule has 2 nitrogen and oxygen atoms in total. The molecule has 0 aliphatic heterocycles. The average molecular weight is 405 g/mol. The number of benzene rings is 2. The molecule has 0 aromatic heterocycles. The number of halogens is 4. The van der Waals surface area contributed by atoms with Crippen LogP contribution in [0.3, 0.4) is 0 Å². The number of amides is 1. The zero-order valence-electron chi connectivity index (χ0n) is 10.3. The topological polar surface area (TPSA) is 29.1 Å². The summed E-state index contributed by atoms with van der Waals surface area (Å²) in [6, 6.07) is 7.33. The monoisotopic (exact) mass is 403 g/mol. The molecule has 0 atom stereocenters. The van der Waals surface area contributed by atoms with Gasteiger partial charge in [-0.3, -0.25) is 4.79 Å². The van der Waals surface area contributed by atoms with Gasteiger partial charge in [0.05, 0.1) is 5.69 Å². The fourth-order valence-corrected chi connectivity index (χ4v) is 2.66. The molecule has 0 saturated heterocycles. The molecule has 0 fully saturated rings. The lowest BCUT2D eigenvalue weighted by Gasteiger charge is -2.09. The Morgan fingerprint density at radius 2 is 1.70 bits per heavy atom. The predicted octanol–water partition coefficient (Wildman–Crippen LogP) is 5.05. The molecule has 0 aliphatic carbocycles. The minimum Gasteiger partial charge on any atom is -0.321 e. The van der Waals surface area contributed by atoms with Crippen molar-refractivity contribution in [1.29, 1.82) is 0 Å². The summed E-state index contributed by atoms with van der Waals surface area (Å²) in [5.41, 5.74) is 0.832. The molecule has 0 aliphatic rings. The van der Waals surface area contributed by atoms with Crippen molar-refractivity contribution < 1.29 is 13.6 Å². The Kier molecular flexibility index (Phi) is 4.55. The highest BCUT2D eigenvalue weighted by Crippen LogP contribution is 2.25. The molecule has 2 aromatic carbocycles. The first-order valence-corrected chi connectivity index (χ1v) is 7.19. The maximum atomic E-state index is 13.7. The predicted molar refractivity (Wildman–Crippen MR) is 80.9 cm³/mol. The minimum atomic E-state index is -0.919. The van der Waals surface area contributed by atoms with Gasteiger partial charge in [0.25, 0.3) is 5.91 Å². The third-order valence-corrected chi connectivity index (χ3v) is 3.72. The summed E-state index contributed by atoms with van der Waals surface area (Å²) >= 11 is 6.25. The molecular formula is C14H9Br2F2NO. The van der Waals surface area contributed by atoms with Crippen LogP contribution in [0, 0.1) is 18.6 Å². The van der Waals surface area contributed by atoms with E-state index in [9.17, 15) is 13.6 Å². The van der Waals surface area contributed by atoms with E-state index in [2.05, 4.69) is 37.2 Å². The number of carbonyl (C=O) groups excluding carboxylic acids is 1. The van der Waals surface area contributed by atoms with Crippen molar-refractivity contribution >= 4 is 43.5 Å². The highest BCUT2D eigenvalue weighted by atomic mass is 79.9. The Labute approximate surface area is 131 Å². The number of rotatable bonds is 2. The minimum absolute atomic E-state index is 0.237. The third kappa shape index (κ3) is 3.24. The van der Waals surface area contributed by atoms with E-state index >= 15 is 0 Å². The lowest BCUT2D eigenvalue weighted by Crippen LogP contribution is -2.16. The van der Waals surface area contributed by atoms with Gasteiger partial charge in [-0.05, 0) is 52.7 Å². The van der Waals surface area contributed by atoms with Crippen molar-refractivity contribution in [3.63, 3.8) is 0 Å². The van der Waals surface area contributed by atoms with Gasteiger partial charge >= 0.3 is 0 Å². The zero-order chi connectivity index (χ0) is 14.9. The average Bonchev–Trinajstić information content (AvgIpc) is 2.31. The molecule has 2 rings (SSSR count). The highest BCUT2D eigenvalue weighted by molar-refractivity contribution is 9.10. The summed E-state index contributed by atoms with van der Waals surface area (Å²) in [4.78, 5) is 12.0. The standard InChI is InChI=1S/C14H9Br2F2NO/c1-7-2-3-12(9(16)4-7)19-14(20)13-10(17)5-8(15)6-11(13)18/h2-6H,1H3,(H,19,20). The molecule has 0 spiro atoms. The van der Waals surface area contributed by atoms with Gasteiger partial charge in [0.15, 0.2) is 0 Å². The van der Waals surface area contributed by atoms with E-state index in [1.165, 1.54) is 0 Å². The first kappa shape index (κ1) is 15.1. The lowest BCUT2D eigenvalue weighted by atomic mass is 10.1. The van der Waals surface area contributed by atoms with E-state index in [1.54, 1.807) is 18.2 Å². The quantitative estimate of drug-likeness (QED) is 0.745. The van der Waals surface area contributed by atoms with E-state index in [-0.39, 0.29) is 4.47 Å². The van der Waals surface area contributed by atoms with Gasteiger partial charge < -0.3 is 5.32 Å². The van der Waals surface area contributed by atoms with Crippen molar-refractivity contribution in [2.24, 2.45) is 0 Å². The van der Waals surface area contributed by atoms with Crippen LogP contribution < -0.4 is 5.32 Å². The van der Waals surface area contributed by atoms with Crippen molar-refractivity contribution in [3.05, 3.63) is 62.0 Å². The molecule has 0 bridgehead atoms. The molecule has 0 radical (unpaired) electrons. The summed E-state index contributed by atoms with van der Waals surface area (Å²) < 4.78 is 28.3. The van der Waals surface area contributed by atoms with Gasteiger partial charge in [0.2, 0.25) is 0 Å². The Morgan fingerprint density at radius 3 is 2.25 bits per heavy atom. The molecule has 0 saturated carbocycles. The zero-order valence-corrected chi connectivity index (χ0v) is 13.5. The molecule has 6 heteroatoms. The Balaban J connectivity index is 2.33. The summed E-state index contributed by atoms with van der Waals surface area (Å²) in [5.74, 6) is -2.67. The molecular weight excluding hydrogens is 396 g/mol. The van der Waals surface area contributed by atoms with Crippen LogP contribution in [0.15, 0.2) is 39.3 Å². The van der Waals surface area contributed by atoms with E-state index in [0.29, 0.717) is 10.2 Å². The normalized spacial score (nSPS) is 10.4. The molecule has 1 N–H and O–H groups in total. The van der Waals surface area contributed by atoms with Gasteiger partial charge in [-0.25, -0.2) is 8.78 Å². The van der Waals surface area contributed by atoms with Crippen molar-refractivity contribution in [1.82, 2.24) is 0 Å². The number of aryl methyl sites for hydroxylation is 1. The number of anilines is 1. The SMILES string of the molecule is Cc1ccc(NC(=O)c2c(F)cc(Br)cc2F)c(Br)c1. The van der Waals surface area contributed by atoms with Crippen molar-refractivity contribution in [2.75, 3.05) is 5.32 Å². The maximum absolute atomic E-state index is 13.7. The smallest absolute Gasteiger partial charge is 0.261 e. The number of nitrogens with one attached hydrogen (secondary N) is 1. The lowest BCUT2D eigenvalue weighted by molar-refractivity contribution is 0.101. The first-order chi connectivity index (χ1) is 9.38. The van der Waals surface area contributed by atoms with Crippen LogP contribution in [0.25, 0.3) is 0 Å². The molecule has 0 heterocycles. The van der Waals surface area contributed by atoms with Crippen LogP contribution in [0.4, 0.5) is 14.5 Å². The second-order valence-corrected chi connectivity index (χ2v) is 5.95. The largest absolute Gasteiger partial charge is 0.321 e. The number of hydrogen-bond donors (Lipinski definition) is 1. The Morgan fingerprint density at radius 1 is 1.10 bits per heavy atom. The van der Waals surface area contributed by atoms with E-state index in [0.717, 1.165) is 17.7 Å². The first-order valence-electron chi connectivity index (χ1n) is 5.60. The fraction of sp³-hybridized carbons (Fsp3) is 0.0714. The molecule has 1 amide bonds. The molecule has 104 valence electrons. The van der Waals surface area contributed by atoms with Crippen molar-refractivity contribution in [3.8, 4) is 0 Å². The molecule has 2 aromatic rings. The van der Waals surface area contributed by atoms with Crippen LogP contribution in [0.5, 0.6) is 0 Å². The summed E-state index contributed by atoms with van der Waals surface area (Å²) in [6.07, 6.45) is 0. The number of carbonyl (C=O) groups is 1. The Bertz CT molecular complexity index is 666.